The second-order valence-corrected chi connectivity index (χ2v) is 12.3. The Hall–Kier alpha value is -4.76. The molecule has 250 valence electrons. The fraction of sp³-hybridized carbons (Fsp3) is 0.382. The fourth-order valence-corrected chi connectivity index (χ4v) is 6.51. The number of rotatable bonds is 9. The third kappa shape index (κ3) is 6.52. The van der Waals surface area contributed by atoms with Gasteiger partial charge in [-0.2, -0.15) is 14.6 Å². The largest absolute Gasteiger partial charge is 0.383 e. The molecule has 2 N–H and O–H groups in total. The lowest BCUT2D eigenvalue weighted by Crippen LogP contribution is -2.42. The Morgan fingerprint density at radius 3 is 2.69 bits per heavy atom. The highest BCUT2D eigenvalue weighted by Gasteiger charge is 2.37. The molecule has 2 atom stereocenters. The minimum absolute atomic E-state index is 0.368. The molecule has 2 fully saturated rings. The molecule has 1 aromatic carbocycles. The van der Waals surface area contributed by atoms with Gasteiger partial charge in [0.05, 0.1) is 30.4 Å². The first kappa shape index (κ1) is 31.8. The van der Waals surface area contributed by atoms with E-state index in [4.69, 9.17) is 24.6 Å². The van der Waals surface area contributed by atoms with Crippen molar-refractivity contribution in [2.24, 2.45) is 0 Å². The number of para-hydroxylation sites is 1. The number of piperidine rings is 1. The first-order chi connectivity index (χ1) is 23.4. The van der Waals surface area contributed by atoms with Gasteiger partial charge >= 0.3 is 6.03 Å². The summed E-state index contributed by atoms with van der Waals surface area (Å²) in [5.41, 5.74) is 5.24. The van der Waals surface area contributed by atoms with Crippen LogP contribution in [0.4, 0.5) is 15.0 Å². The number of halogens is 1. The van der Waals surface area contributed by atoms with Crippen LogP contribution < -0.4 is 10.6 Å². The van der Waals surface area contributed by atoms with Gasteiger partial charge in [-0.05, 0) is 75.8 Å². The number of anilines is 1. The molecular formula is C34H39FN10O3. The fourth-order valence-electron chi connectivity index (χ4n) is 6.51. The van der Waals surface area contributed by atoms with Crippen LogP contribution in [0.2, 0.25) is 0 Å². The third-order valence-electron chi connectivity index (χ3n) is 9.09. The number of nitrogens with one attached hydrogen (secondary N) is 2. The number of carbonyl (C=O) groups excluding carboxylic acids is 1. The second kappa shape index (κ2) is 13.8. The minimum Gasteiger partial charge on any atom is -0.383 e. The Bertz CT molecular complexity index is 1890. The lowest BCUT2D eigenvalue weighted by Gasteiger charge is -2.29. The van der Waals surface area contributed by atoms with Crippen molar-refractivity contribution in [2.45, 2.75) is 38.0 Å². The van der Waals surface area contributed by atoms with Crippen LogP contribution in [0.15, 0.2) is 67.3 Å². The average Bonchev–Trinajstić information content (AvgIpc) is 3.80. The Morgan fingerprint density at radius 2 is 1.92 bits per heavy atom. The molecule has 0 bridgehead atoms. The number of nitrogens with zero attached hydrogens (tertiary/aromatic N) is 8. The van der Waals surface area contributed by atoms with Crippen molar-refractivity contribution < 1.29 is 18.8 Å². The van der Waals surface area contributed by atoms with Gasteiger partial charge in [-0.1, -0.05) is 18.2 Å². The average molecular weight is 655 g/mol. The maximum Gasteiger partial charge on any atom is 0.320 e. The Balaban J connectivity index is 1.17. The Labute approximate surface area is 277 Å². The zero-order valence-corrected chi connectivity index (χ0v) is 27.2. The van der Waals surface area contributed by atoms with Gasteiger partial charge in [-0.3, -0.25) is 10.2 Å². The Kier molecular flexibility index (Phi) is 9.13. The van der Waals surface area contributed by atoms with Gasteiger partial charge < -0.3 is 19.5 Å². The highest BCUT2D eigenvalue weighted by Crippen LogP contribution is 2.33. The summed E-state index contributed by atoms with van der Waals surface area (Å²) in [7, 11) is 3.76. The summed E-state index contributed by atoms with van der Waals surface area (Å²) in [5, 5.41) is 12.8. The van der Waals surface area contributed by atoms with Crippen molar-refractivity contribution in [3.63, 3.8) is 0 Å². The molecule has 2 aliphatic rings. The standard InChI is InChI=1S/C34H39FN10O3/c1-22-30(24-17-27-33(37-19-24)44(21-38-27)25-10-13-42(2)14-11-25)41-45(26-7-5-4-6-8-26)32(22)40-34(46)39-28-20-43(15-16-47-3)48-31(28)23-9-12-36-29(35)18-23/h4-9,12,17-19,21,25,28,31H,10-11,13-16,20H2,1-3H3,(H2,39,40,46)/t28-,31+/m1/s1. The van der Waals surface area contributed by atoms with E-state index in [1.54, 1.807) is 22.9 Å². The van der Waals surface area contributed by atoms with E-state index in [9.17, 15) is 9.18 Å². The van der Waals surface area contributed by atoms with E-state index in [1.807, 2.05) is 55.8 Å². The number of hydrogen-bond donors (Lipinski definition) is 2. The number of ether oxygens (including phenoxy) is 1. The lowest BCUT2D eigenvalue weighted by atomic mass is 10.0. The van der Waals surface area contributed by atoms with Crippen molar-refractivity contribution in [1.29, 1.82) is 0 Å². The quantitative estimate of drug-likeness (QED) is 0.221. The molecule has 2 aliphatic heterocycles. The van der Waals surface area contributed by atoms with E-state index in [0.717, 1.165) is 53.9 Å². The molecule has 7 rings (SSSR count). The molecule has 4 aromatic heterocycles. The molecule has 0 aliphatic carbocycles. The van der Waals surface area contributed by atoms with E-state index < -0.39 is 24.1 Å². The maximum absolute atomic E-state index is 14.1. The third-order valence-corrected chi connectivity index (χ3v) is 9.09. The zero-order valence-electron chi connectivity index (χ0n) is 27.2. The number of hydroxylamine groups is 2. The molecule has 0 radical (unpaired) electrons. The number of pyridine rings is 2. The van der Waals surface area contributed by atoms with E-state index >= 15 is 0 Å². The summed E-state index contributed by atoms with van der Waals surface area (Å²) in [5.74, 6) is -0.113. The molecule has 6 heterocycles. The number of imidazole rings is 1. The van der Waals surface area contributed by atoms with Gasteiger partial charge in [-0.25, -0.2) is 24.4 Å². The summed E-state index contributed by atoms with van der Waals surface area (Å²) in [6, 6.07) is 14.1. The van der Waals surface area contributed by atoms with Crippen LogP contribution in [0, 0.1) is 12.9 Å². The van der Waals surface area contributed by atoms with Crippen LogP contribution in [-0.4, -0.2) is 98.3 Å². The van der Waals surface area contributed by atoms with Crippen LogP contribution in [-0.2, 0) is 9.57 Å². The van der Waals surface area contributed by atoms with Gasteiger partial charge in [0.15, 0.2) is 5.65 Å². The van der Waals surface area contributed by atoms with Crippen LogP contribution in [0.3, 0.4) is 0 Å². The first-order valence-corrected chi connectivity index (χ1v) is 16.1. The molecule has 0 spiro atoms. The van der Waals surface area contributed by atoms with Crippen molar-refractivity contribution >= 4 is 23.0 Å². The van der Waals surface area contributed by atoms with E-state index in [-0.39, 0.29) is 0 Å². The topological polar surface area (TPSA) is 127 Å². The number of fused-ring (bicyclic) bond motifs is 1. The van der Waals surface area contributed by atoms with Gasteiger partial charge in [0.2, 0.25) is 5.95 Å². The summed E-state index contributed by atoms with van der Waals surface area (Å²) in [6.45, 7) is 5.32. The number of hydrogen-bond acceptors (Lipinski definition) is 9. The predicted molar refractivity (Wildman–Crippen MR) is 178 cm³/mol. The van der Waals surface area contributed by atoms with E-state index in [1.165, 1.54) is 12.3 Å². The van der Waals surface area contributed by atoms with Gasteiger partial charge in [0.25, 0.3) is 0 Å². The summed E-state index contributed by atoms with van der Waals surface area (Å²) in [4.78, 5) is 35.4. The molecule has 0 unspecified atom stereocenters. The number of amides is 2. The maximum atomic E-state index is 14.1. The monoisotopic (exact) mass is 654 g/mol. The molecule has 0 saturated carbocycles. The van der Waals surface area contributed by atoms with Crippen molar-refractivity contribution in [2.75, 3.05) is 52.3 Å². The smallest absolute Gasteiger partial charge is 0.320 e. The summed E-state index contributed by atoms with van der Waals surface area (Å²) < 4.78 is 23.2. The highest BCUT2D eigenvalue weighted by atomic mass is 19.1. The first-order valence-electron chi connectivity index (χ1n) is 16.1. The van der Waals surface area contributed by atoms with E-state index in [2.05, 4.69) is 32.1 Å². The van der Waals surface area contributed by atoms with Crippen LogP contribution in [0.25, 0.3) is 28.1 Å². The van der Waals surface area contributed by atoms with Crippen molar-refractivity contribution in [3.8, 4) is 16.9 Å². The normalized spacial score (nSPS) is 19.2. The van der Waals surface area contributed by atoms with Crippen LogP contribution >= 0.6 is 0 Å². The number of carbonyl (C=O) groups is 1. The molecule has 14 heteroatoms. The van der Waals surface area contributed by atoms with Gasteiger partial charge in [0.1, 0.15) is 17.4 Å². The SMILES string of the molecule is COCCN1C[C@@H](NC(=O)Nc2c(C)c(-c3cnc4c(c3)ncn4C3CCN(C)CC3)nn2-c2ccccc2)[C@H](c2ccnc(F)c2)O1. The molecule has 48 heavy (non-hydrogen) atoms. The van der Waals surface area contributed by atoms with Gasteiger partial charge in [0, 0.05) is 49.8 Å². The number of benzene rings is 1. The van der Waals surface area contributed by atoms with E-state index in [0.29, 0.717) is 42.8 Å². The number of likely N-dealkylation sites (tertiary alicyclic amines) is 1. The minimum atomic E-state index is -0.620. The number of urea groups is 1. The molecular weight excluding hydrogens is 615 g/mol. The summed E-state index contributed by atoms with van der Waals surface area (Å²) in [6.07, 6.45) is 6.60. The molecule has 2 amide bonds. The van der Waals surface area contributed by atoms with Crippen LogP contribution in [0.1, 0.15) is 36.1 Å². The number of aromatic nitrogens is 6. The molecule has 13 nitrogen and oxygen atoms in total. The van der Waals surface area contributed by atoms with Gasteiger partial charge in [-0.15, -0.1) is 0 Å². The molecule has 5 aromatic rings. The Morgan fingerprint density at radius 1 is 1.10 bits per heavy atom. The van der Waals surface area contributed by atoms with Crippen molar-refractivity contribution in [1.82, 2.24) is 44.6 Å². The second-order valence-electron chi connectivity index (χ2n) is 12.3. The number of methoxy groups -OCH3 is 1. The molecule has 2 saturated heterocycles. The van der Waals surface area contributed by atoms with Crippen molar-refractivity contribution in [3.05, 3.63) is 84.3 Å². The highest BCUT2D eigenvalue weighted by molar-refractivity contribution is 5.91. The van der Waals surface area contributed by atoms with Crippen LogP contribution in [0.5, 0.6) is 0 Å². The summed E-state index contributed by atoms with van der Waals surface area (Å²) >= 11 is 0. The predicted octanol–water partition coefficient (Wildman–Crippen LogP) is 4.52. The zero-order chi connectivity index (χ0) is 33.2. The lowest BCUT2D eigenvalue weighted by molar-refractivity contribution is -0.154.